The van der Waals surface area contributed by atoms with Crippen LogP contribution in [0.5, 0.6) is 0 Å². The molecule has 2 rings (SSSR count). The molecule has 2 N–H and O–H groups in total. The molecule has 96 valence electrons. The van der Waals surface area contributed by atoms with Crippen LogP contribution < -0.4 is 5.73 Å². The van der Waals surface area contributed by atoms with Crippen LogP contribution in [0.25, 0.3) is 11.0 Å². The molecular formula is C12H14N2O4. The quantitative estimate of drug-likeness (QED) is 0.631. The van der Waals surface area contributed by atoms with E-state index in [-0.39, 0.29) is 6.61 Å². The van der Waals surface area contributed by atoms with E-state index in [1.54, 1.807) is 18.2 Å². The number of rotatable bonds is 5. The van der Waals surface area contributed by atoms with Gasteiger partial charge in [0.25, 0.3) is 0 Å². The Bertz CT molecular complexity index is 550. The highest BCUT2D eigenvalue weighted by Crippen LogP contribution is 2.24. The van der Waals surface area contributed by atoms with Gasteiger partial charge in [-0.25, -0.2) is 4.79 Å². The van der Waals surface area contributed by atoms with Gasteiger partial charge in [-0.15, -0.1) is 0 Å². The largest absolute Gasteiger partial charge is 0.465 e. The summed E-state index contributed by atoms with van der Waals surface area (Å²) in [5, 5.41) is 4.52. The summed E-state index contributed by atoms with van der Waals surface area (Å²) in [4.78, 5) is 11.7. The van der Waals surface area contributed by atoms with Gasteiger partial charge in [0.05, 0.1) is 31.3 Å². The minimum absolute atomic E-state index is 0.248. The summed E-state index contributed by atoms with van der Waals surface area (Å²) in [6.07, 6.45) is 0. The zero-order valence-electron chi connectivity index (χ0n) is 10.0. The van der Waals surface area contributed by atoms with Gasteiger partial charge < -0.3 is 19.7 Å². The van der Waals surface area contributed by atoms with Gasteiger partial charge in [-0.1, -0.05) is 11.2 Å². The van der Waals surface area contributed by atoms with Crippen LogP contribution in [0.4, 0.5) is 0 Å². The summed E-state index contributed by atoms with van der Waals surface area (Å²) in [7, 11) is 1.33. The summed E-state index contributed by atoms with van der Waals surface area (Å²) in [6.45, 7) is 1.10. The van der Waals surface area contributed by atoms with Crippen molar-refractivity contribution in [1.82, 2.24) is 5.16 Å². The number of nitrogens with two attached hydrogens (primary N) is 1. The lowest BCUT2D eigenvalue weighted by Gasteiger charge is -2.02. The number of nitrogens with zero attached hydrogens (tertiary/aromatic N) is 1. The molecule has 0 saturated heterocycles. The predicted molar refractivity (Wildman–Crippen MR) is 64.1 cm³/mol. The van der Waals surface area contributed by atoms with Crippen LogP contribution >= 0.6 is 0 Å². The molecule has 6 heteroatoms. The van der Waals surface area contributed by atoms with Crippen molar-refractivity contribution in [2.75, 3.05) is 20.3 Å². The first-order valence-corrected chi connectivity index (χ1v) is 5.51. The fourth-order valence-electron chi connectivity index (χ4n) is 1.69. The van der Waals surface area contributed by atoms with E-state index in [0.29, 0.717) is 35.4 Å². The van der Waals surface area contributed by atoms with Gasteiger partial charge in [-0.3, -0.25) is 0 Å². The number of benzene rings is 1. The second kappa shape index (κ2) is 5.61. The molecule has 0 aliphatic heterocycles. The van der Waals surface area contributed by atoms with Crippen molar-refractivity contribution >= 4 is 16.9 Å². The van der Waals surface area contributed by atoms with Gasteiger partial charge in [-0.05, 0) is 12.1 Å². The van der Waals surface area contributed by atoms with Crippen molar-refractivity contribution in [3.05, 3.63) is 29.5 Å². The smallest absolute Gasteiger partial charge is 0.338 e. The van der Waals surface area contributed by atoms with Gasteiger partial charge in [0.15, 0.2) is 5.58 Å². The van der Waals surface area contributed by atoms with E-state index in [9.17, 15) is 4.79 Å². The Hall–Kier alpha value is -1.92. The zero-order valence-corrected chi connectivity index (χ0v) is 10.0. The zero-order chi connectivity index (χ0) is 13.0. The molecule has 0 aliphatic rings. The average Bonchev–Trinajstić information content (AvgIpc) is 2.81. The van der Waals surface area contributed by atoms with Crippen LogP contribution in [0.15, 0.2) is 22.7 Å². The van der Waals surface area contributed by atoms with E-state index in [1.165, 1.54) is 7.11 Å². The number of carbonyl (C=O) groups excluding carboxylic acids is 1. The number of carbonyl (C=O) groups is 1. The van der Waals surface area contributed by atoms with Gasteiger partial charge in [0.1, 0.15) is 5.69 Å². The Labute approximate surface area is 104 Å². The van der Waals surface area contributed by atoms with E-state index in [1.807, 2.05) is 0 Å². The SMILES string of the molecule is COC(=O)c1cccc2onc(COCCN)c12. The maximum Gasteiger partial charge on any atom is 0.338 e. The number of fused-ring (bicyclic) bond motifs is 1. The van der Waals surface area contributed by atoms with Crippen molar-refractivity contribution in [2.24, 2.45) is 5.73 Å². The van der Waals surface area contributed by atoms with Gasteiger partial charge in [0.2, 0.25) is 0 Å². The standard InChI is InChI=1S/C12H14N2O4/c1-16-12(15)8-3-2-4-10-11(8)9(14-18-10)7-17-6-5-13/h2-4H,5-7,13H2,1H3. The Morgan fingerprint density at radius 3 is 3.06 bits per heavy atom. The molecule has 0 atom stereocenters. The summed E-state index contributed by atoms with van der Waals surface area (Å²) in [6, 6.07) is 5.11. The number of aromatic nitrogens is 1. The molecule has 2 aromatic rings. The number of hydrogen-bond acceptors (Lipinski definition) is 6. The minimum Gasteiger partial charge on any atom is -0.465 e. The average molecular weight is 250 g/mol. The first-order chi connectivity index (χ1) is 8.77. The lowest BCUT2D eigenvalue weighted by atomic mass is 10.1. The van der Waals surface area contributed by atoms with Crippen LogP contribution in [-0.4, -0.2) is 31.4 Å². The van der Waals surface area contributed by atoms with E-state index in [4.69, 9.17) is 19.7 Å². The number of methoxy groups -OCH3 is 1. The molecule has 6 nitrogen and oxygen atoms in total. The fourth-order valence-corrected chi connectivity index (χ4v) is 1.69. The van der Waals surface area contributed by atoms with Gasteiger partial charge in [0, 0.05) is 6.54 Å². The van der Waals surface area contributed by atoms with Crippen molar-refractivity contribution in [2.45, 2.75) is 6.61 Å². The molecule has 0 amide bonds. The highest BCUT2D eigenvalue weighted by molar-refractivity contribution is 6.03. The number of esters is 1. The lowest BCUT2D eigenvalue weighted by Crippen LogP contribution is -2.09. The summed E-state index contributed by atoms with van der Waals surface area (Å²) >= 11 is 0. The molecule has 1 aromatic heterocycles. The normalized spacial score (nSPS) is 10.8. The van der Waals surface area contributed by atoms with Crippen LogP contribution in [0.1, 0.15) is 16.1 Å². The van der Waals surface area contributed by atoms with Crippen LogP contribution in [0.2, 0.25) is 0 Å². The second-order valence-corrected chi connectivity index (χ2v) is 3.64. The molecular weight excluding hydrogens is 236 g/mol. The molecule has 18 heavy (non-hydrogen) atoms. The molecule has 0 fully saturated rings. The predicted octanol–water partition coefficient (Wildman–Crippen LogP) is 1.09. The molecule has 0 bridgehead atoms. The first-order valence-electron chi connectivity index (χ1n) is 5.51. The molecule has 0 aliphatic carbocycles. The van der Waals surface area contributed by atoms with Gasteiger partial charge >= 0.3 is 5.97 Å². The maximum absolute atomic E-state index is 11.7. The maximum atomic E-state index is 11.7. The third-order valence-corrected chi connectivity index (χ3v) is 2.48. The van der Waals surface area contributed by atoms with Crippen molar-refractivity contribution < 1.29 is 18.8 Å². The van der Waals surface area contributed by atoms with E-state index in [2.05, 4.69) is 5.16 Å². The summed E-state index contributed by atoms with van der Waals surface area (Å²) < 4.78 is 15.2. The third-order valence-electron chi connectivity index (χ3n) is 2.48. The van der Waals surface area contributed by atoms with Crippen LogP contribution in [-0.2, 0) is 16.1 Å². The monoisotopic (exact) mass is 250 g/mol. The van der Waals surface area contributed by atoms with E-state index in [0.717, 1.165) is 0 Å². The number of ether oxygens (including phenoxy) is 2. The van der Waals surface area contributed by atoms with E-state index < -0.39 is 5.97 Å². The summed E-state index contributed by atoms with van der Waals surface area (Å²) in [5.41, 5.74) is 6.86. The molecule has 0 spiro atoms. The number of hydrogen-bond donors (Lipinski definition) is 1. The first kappa shape index (κ1) is 12.5. The Morgan fingerprint density at radius 1 is 1.50 bits per heavy atom. The fraction of sp³-hybridized carbons (Fsp3) is 0.333. The van der Waals surface area contributed by atoms with Crippen molar-refractivity contribution in [1.29, 1.82) is 0 Å². The molecule has 1 aromatic carbocycles. The summed E-state index contributed by atoms with van der Waals surface area (Å²) in [5.74, 6) is -0.427. The molecule has 1 heterocycles. The Balaban J connectivity index is 2.39. The molecule has 0 saturated carbocycles. The Morgan fingerprint density at radius 2 is 2.33 bits per heavy atom. The highest BCUT2D eigenvalue weighted by atomic mass is 16.5. The second-order valence-electron chi connectivity index (χ2n) is 3.64. The topological polar surface area (TPSA) is 87.6 Å². The van der Waals surface area contributed by atoms with Crippen molar-refractivity contribution in [3.63, 3.8) is 0 Å². The third kappa shape index (κ3) is 2.34. The lowest BCUT2D eigenvalue weighted by molar-refractivity contribution is 0.0602. The van der Waals surface area contributed by atoms with Crippen LogP contribution in [0.3, 0.4) is 0 Å². The van der Waals surface area contributed by atoms with Crippen LogP contribution in [0, 0.1) is 0 Å². The molecule has 0 unspecified atom stereocenters. The Kier molecular flexibility index (Phi) is 3.91. The van der Waals surface area contributed by atoms with Gasteiger partial charge in [-0.2, -0.15) is 0 Å². The molecule has 0 radical (unpaired) electrons. The highest BCUT2D eigenvalue weighted by Gasteiger charge is 2.17. The minimum atomic E-state index is -0.427. The van der Waals surface area contributed by atoms with Crippen molar-refractivity contribution in [3.8, 4) is 0 Å². The van der Waals surface area contributed by atoms with E-state index >= 15 is 0 Å².